The summed E-state index contributed by atoms with van der Waals surface area (Å²) in [5, 5.41) is 10.3. The second-order valence-electron chi connectivity index (χ2n) is 4.76. The number of benzene rings is 2. The molecule has 0 unspecified atom stereocenters. The van der Waals surface area contributed by atoms with Crippen molar-refractivity contribution in [1.29, 1.82) is 0 Å². The van der Waals surface area contributed by atoms with Gasteiger partial charge in [-0.3, -0.25) is 4.79 Å². The van der Waals surface area contributed by atoms with Gasteiger partial charge in [0.05, 0.1) is 20.0 Å². The highest BCUT2D eigenvalue weighted by molar-refractivity contribution is 9.11. The minimum atomic E-state index is -0.255. The third kappa shape index (κ3) is 3.04. The van der Waals surface area contributed by atoms with E-state index in [9.17, 15) is 9.90 Å². The number of rotatable bonds is 2. The van der Waals surface area contributed by atoms with Crippen LogP contribution in [-0.4, -0.2) is 15.1 Å². The highest BCUT2D eigenvalue weighted by Gasteiger charge is 2.10. The molecule has 0 bridgehead atoms. The Kier molecular flexibility index (Phi) is 4.25. The first-order chi connectivity index (χ1) is 10.4. The molecule has 0 atom stereocenters. The average Bonchev–Trinajstić information content (AvgIpc) is 2.45. The van der Waals surface area contributed by atoms with Crippen LogP contribution in [0.1, 0.15) is 11.3 Å². The molecule has 0 aliphatic heterocycles. The first-order valence-electron chi connectivity index (χ1n) is 6.29. The van der Waals surface area contributed by atoms with Crippen molar-refractivity contribution in [2.24, 2.45) is 0 Å². The van der Waals surface area contributed by atoms with Gasteiger partial charge in [-0.15, -0.1) is 0 Å². The minimum Gasteiger partial charge on any atom is -0.506 e. The molecule has 0 saturated heterocycles. The zero-order chi connectivity index (χ0) is 15.9. The van der Waals surface area contributed by atoms with Crippen LogP contribution in [0, 0.1) is 0 Å². The number of nitrogens with one attached hydrogen (secondary N) is 1. The smallest absolute Gasteiger partial charge is 0.270 e. The highest BCUT2D eigenvalue weighted by Crippen LogP contribution is 2.33. The van der Waals surface area contributed by atoms with Crippen LogP contribution >= 0.6 is 43.5 Å². The Morgan fingerprint density at radius 2 is 1.86 bits per heavy atom. The molecule has 0 aliphatic carbocycles. The van der Waals surface area contributed by atoms with E-state index >= 15 is 0 Å². The summed E-state index contributed by atoms with van der Waals surface area (Å²) in [6.45, 7) is 0. The first kappa shape index (κ1) is 15.5. The van der Waals surface area contributed by atoms with Crippen molar-refractivity contribution < 1.29 is 5.11 Å². The number of nitrogens with zero attached hydrogens (tertiary/aromatic N) is 1. The van der Waals surface area contributed by atoms with Gasteiger partial charge in [0.1, 0.15) is 11.4 Å². The lowest BCUT2D eigenvalue weighted by Crippen LogP contribution is -2.15. The Morgan fingerprint density at radius 1 is 1.18 bits per heavy atom. The third-order valence-electron chi connectivity index (χ3n) is 3.17. The van der Waals surface area contributed by atoms with Gasteiger partial charge in [0.15, 0.2) is 0 Å². The Bertz CT molecular complexity index is 917. The van der Waals surface area contributed by atoms with Gasteiger partial charge in [0, 0.05) is 11.4 Å². The van der Waals surface area contributed by atoms with Gasteiger partial charge in [0.25, 0.3) is 5.56 Å². The normalized spacial score (nSPS) is 11.0. The molecule has 0 radical (unpaired) electrons. The number of hydrogen-bond donors (Lipinski definition) is 2. The van der Waals surface area contributed by atoms with Crippen molar-refractivity contribution in [3.8, 4) is 5.75 Å². The van der Waals surface area contributed by atoms with Crippen LogP contribution in [0.3, 0.4) is 0 Å². The molecule has 3 aromatic rings. The lowest BCUT2D eigenvalue weighted by Gasteiger charge is -2.06. The molecular weight excluding hydrogens is 435 g/mol. The molecule has 3 rings (SSSR count). The fraction of sp³-hybridized carbons (Fsp3) is 0.0667. The topological polar surface area (TPSA) is 66.0 Å². The lowest BCUT2D eigenvalue weighted by atomic mass is 10.1. The summed E-state index contributed by atoms with van der Waals surface area (Å²) in [5.41, 5.74) is 2.28. The summed E-state index contributed by atoms with van der Waals surface area (Å²) < 4.78 is 1.11. The van der Waals surface area contributed by atoms with Gasteiger partial charge >= 0.3 is 0 Å². The van der Waals surface area contributed by atoms with Gasteiger partial charge < -0.3 is 10.1 Å². The lowest BCUT2D eigenvalue weighted by molar-refractivity contribution is 0.468. The Morgan fingerprint density at radius 3 is 2.55 bits per heavy atom. The van der Waals surface area contributed by atoms with E-state index in [1.54, 1.807) is 30.3 Å². The molecule has 0 aliphatic rings. The van der Waals surface area contributed by atoms with E-state index in [1.165, 1.54) is 0 Å². The van der Waals surface area contributed by atoms with E-state index in [-0.39, 0.29) is 11.3 Å². The molecule has 0 spiro atoms. The van der Waals surface area contributed by atoms with Crippen molar-refractivity contribution in [3.05, 3.63) is 65.9 Å². The number of halogens is 3. The van der Waals surface area contributed by atoms with Crippen LogP contribution in [0.25, 0.3) is 11.0 Å². The number of phenols is 1. The van der Waals surface area contributed by atoms with Crippen molar-refractivity contribution in [2.45, 2.75) is 6.42 Å². The average molecular weight is 445 g/mol. The monoisotopic (exact) mass is 442 g/mol. The molecule has 0 saturated carbocycles. The predicted molar refractivity (Wildman–Crippen MR) is 93.7 cm³/mol. The second-order valence-corrected chi connectivity index (χ2v) is 6.90. The number of hydrogen-bond acceptors (Lipinski definition) is 3. The van der Waals surface area contributed by atoms with E-state index in [0.29, 0.717) is 37.1 Å². The Labute approximate surface area is 147 Å². The second kappa shape index (κ2) is 6.02. The summed E-state index contributed by atoms with van der Waals surface area (Å²) >= 11 is 12.5. The SMILES string of the molecule is O=c1[nH]c2cc(Cl)ccc2nc1Cc1cc(Br)c(O)c(Br)c1. The van der Waals surface area contributed by atoms with E-state index in [4.69, 9.17) is 11.6 Å². The van der Waals surface area contributed by atoms with Crippen LogP contribution in [0.2, 0.25) is 5.02 Å². The molecule has 4 nitrogen and oxygen atoms in total. The Hall–Kier alpha value is -1.37. The maximum atomic E-state index is 12.2. The zero-order valence-corrected chi connectivity index (χ0v) is 15.0. The van der Waals surface area contributed by atoms with E-state index in [0.717, 1.165) is 5.56 Å². The number of aromatic hydroxyl groups is 1. The summed E-state index contributed by atoms with van der Waals surface area (Å²) in [4.78, 5) is 19.3. The van der Waals surface area contributed by atoms with E-state index in [1.807, 2.05) is 0 Å². The van der Waals surface area contributed by atoms with Gasteiger partial charge in [-0.05, 0) is 67.8 Å². The maximum absolute atomic E-state index is 12.2. The summed E-state index contributed by atoms with van der Waals surface area (Å²) in [5.74, 6) is 0.124. The number of aromatic nitrogens is 2. The standard InChI is InChI=1S/C15H9Br2ClN2O2/c16-9-3-7(4-10(17)14(9)21)5-13-15(22)20-12-6-8(18)1-2-11(12)19-13/h1-4,6,21H,5H2,(H,20,22). The number of H-pyrrole nitrogens is 1. The van der Waals surface area contributed by atoms with Crippen LogP contribution in [-0.2, 0) is 6.42 Å². The fourth-order valence-corrected chi connectivity index (χ4v) is 3.58. The largest absolute Gasteiger partial charge is 0.506 e. The molecule has 1 heterocycles. The molecule has 0 fully saturated rings. The van der Waals surface area contributed by atoms with Crippen molar-refractivity contribution in [2.75, 3.05) is 0 Å². The van der Waals surface area contributed by atoms with Crippen molar-refractivity contribution in [1.82, 2.24) is 9.97 Å². The summed E-state index contributed by atoms with van der Waals surface area (Å²) in [7, 11) is 0. The predicted octanol–water partition coefficient (Wildman–Crippen LogP) is 4.40. The third-order valence-corrected chi connectivity index (χ3v) is 4.62. The first-order valence-corrected chi connectivity index (χ1v) is 8.26. The van der Waals surface area contributed by atoms with Crippen LogP contribution < -0.4 is 5.56 Å². The van der Waals surface area contributed by atoms with E-state index in [2.05, 4.69) is 41.8 Å². The summed E-state index contributed by atoms with van der Waals surface area (Å²) in [6.07, 6.45) is 0.353. The van der Waals surface area contributed by atoms with Gasteiger partial charge in [-0.1, -0.05) is 11.6 Å². The molecule has 2 N–H and O–H groups in total. The molecule has 7 heteroatoms. The maximum Gasteiger partial charge on any atom is 0.270 e. The van der Waals surface area contributed by atoms with Crippen LogP contribution in [0.4, 0.5) is 0 Å². The molecule has 2 aromatic carbocycles. The Balaban J connectivity index is 2.06. The number of fused-ring (bicyclic) bond motifs is 1. The van der Waals surface area contributed by atoms with Crippen molar-refractivity contribution >= 4 is 54.5 Å². The molecule has 0 amide bonds. The molecule has 112 valence electrons. The van der Waals surface area contributed by atoms with Crippen molar-refractivity contribution in [3.63, 3.8) is 0 Å². The van der Waals surface area contributed by atoms with Crippen LogP contribution in [0.15, 0.2) is 44.1 Å². The summed E-state index contributed by atoms with van der Waals surface area (Å²) in [6, 6.07) is 8.68. The quantitative estimate of drug-likeness (QED) is 0.616. The minimum absolute atomic E-state index is 0.124. The van der Waals surface area contributed by atoms with E-state index < -0.39 is 0 Å². The molecular formula is C15H9Br2ClN2O2. The number of aromatic amines is 1. The molecule has 22 heavy (non-hydrogen) atoms. The van der Waals surface area contributed by atoms with Gasteiger partial charge in [-0.2, -0.15) is 0 Å². The number of phenolic OH excluding ortho intramolecular Hbond substituents is 1. The van der Waals surface area contributed by atoms with Crippen LogP contribution in [0.5, 0.6) is 5.75 Å². The fourth-order valence-electron chi connectivity index (χ4n) is 2.13. The van der Waals surface area contributed by atoms with Gasteiger partial charge in [0.2, 0.25) is 0 Å². The zero-order valence-electron chi connectivity index (χ0n) is 11.0. The highest BCUT2D eigenvalue weighted by atomic mass is 79.9. The van der Waals surface area contributed by atoms with Gasteiger partial charge in [-0.25, -0.2) is 4.98 Å². The molecule has 1 aromatic heterocycles.